The van der Waals surface area contributed by atoms with E-state index in [0.29, 0.717) is 37.6 Å². The molecule has 2 heterocycles. The van der Waals surface area contributed by atoms with Gasteiger partial charge in [0, 0.05) is 44.8 Å². The van der Waals surface area contributed by atoms with Gasteiger partial charge in [-0.1, -0.05) is 0 Å². The zero-order chi connectivity index (χ0) is 22.9. The summed E-state index contributed by atoms with van der Waals surface area (Å²) in [5, 5.41) is 7.22. The van der Waals surface area contributed by atoms with Crippen LogP contribution < -0.4 is 11.0 Å². The van der Waals surface area contributed by atoms with Crippen molar-refractivity contribution in [1.29, 1.82) is 0 Å². The van der Waals surface area contributed by atoms with Crippen LogP contribution in [0.25, 0.3) is 0 Å². The number of hydrogen-bond donors (Lipinski definition) is 1. The lowest BCUT2D eigenvalue weighted by Crippen LogP contribution is -2.40. The summed E-state index contributed by atoms with van der Waals surface area (Å²) in [7, 11) is -2.12. The lowest BCUT2D eigenvalue weighted by atomic mass is 9.99. The minimum atomic E-state index is -3.70. The van der Waals surface area contributed by atoms with Crippen LogP contribution in [0.4, 0.5) is 5.69 Å². The number of benzene rings is 1. The van der Waals surface area contributed by atoms with Crippen molar-refractivity contribution >= 4 is 21.6 Å². The molecule has 0 spiro atoms. The van der Waals surface area contributed by atoms with E-state index in [4.69, 9.17) is 4.74 Å². The molecule has 1 aliphatic carbocycles. The number of nitrogens with one attached hydrogen (secondary N) is 1. The van der Waals surface area contributed by atoms with Crippen LogP contribution in [-0.4, -0.2) is 59.8 Å². The molecule has 1 aromatic carbocycles. The van der Waals surface area contributed by atoms with E-state index < -0.39 is 10.0 Å². The molecule has 0 bridgehead atoms. The van der Waals surface area contributed by atoms with Crippen molar-refractivity contribution in [3.05, 3.63) is 40.6 Å². The van der Waals surface area contributed by atoms with Crippen molar-refractivity contribution in [1.82, 2.24) is 18.7 Å². The number of ether oxygens (including phenoxy) is 1. The summed E-state index contributed by atoms with van der Waals surface area (Å²) in [4.78, 5) is 24.3. The molecule has 0 radical (unpaired) electrons. The number of sulfonamides is 1. The number of hydrogen-bond acceptors (Lipinski definition) is 6. The Balaban J connectivity index is 1.57. The Morgan fingerprint density at radius 1 is 1.22 bits per heavy atom. The predicted octanol–water partition coefficient (Wildman–Crippen LogP) is 1.55. The molecule has 11 heteroatoms. The number of aromatic nitrogens is 3. The molecular formula is C21H29N5O5S. The topological polar surface area (TPSA) is 116 Å². The number of nitrogens with zero attached hydrogens (tertiary/aromatic N) is 4. The molecule has 1 atom stereocenters. The van der Waals surface area contributed by atoms with Gasteiger partial charge in [0.1, 0.15) is 5.82 Å². The lowest BCUT2D eigenvalue weighted by Gasteiger charge is -2.31. The van der Waals surface area contributed by atoms with Crippen LogP contribution in [0, 0.1) is 0 Å². The smallest absolute Gasteiger partial charge is 0.346 e. The summed E-state index contributed by atoms with van der Waals surface area (Å²) in [6, 6.07) is 6.32. The Kier molecular flexibility index (Phi) is 6.50. The first kappa shape index (κ1) is 22.7. The molecule has 1 N–H and O–H groups in total. The molecule has 1 amide bonds. The highest BCUT2D eigenvalue weighted by molar-refractivity contribution is 7.89. The van der Waals surface area contributed by atoms with Crippen LogP contribution in [0.15, 0.2) is 34.0 Å². The highest BCUT2D eigenvalue weighted by Gasteiger charge is 2.37. The van der Waals surface area contributed by atoms with Gasteiger partial charge < -0.3 is 10.1 Å². The summed E-state index contributed by atoms with van der Waals surface area (Å²) in [5.41, 5.74) is 0.399. The van der Waals surface area contributed by atoms with Crippen molar-refractivity contribution in [2.24, 2.45) is 0 Å². The summed E-state index contributed by atoms with van der Waals surface area (Å²) < 4.78 is 36.3. The van der Waals surface area contributed by atoms with E-state index in [9.17, 15) is 18.0 Å². The lowest BCUT2D eigenvalue weighted by molar-refractivity contribution is -0.114. The molecule has 1 saturated heterocycles. The van der Waals surface area contributed by atoms with Gasteiger partial charge in [-0.05, 0) is 49.9 Å². The third-order valence-corrected chi connectivity index (χ3v) is 7.76. The van der Waals surface area contributed by atoms with Gasteiger partial charge in [-0.25, -0.2) is 17.9 Å². The maximum absolute atomic E-state index is 13.3. The molecule has 4 rings (SSSR count). The van der Waals surface area contributed by atoms with Gasteiger partial charge >= 0.3 is 5.69 Å². The summed E-state index contributed by atoms with van der Waals surface area (Å²) in [6.07, 6.45) is 3.36. The van der Waals surface area contributed by atoms with Gasteiger partial charge in [0.15, 0.2) is 0 Å². The number of carbonyl (C=O) groups excluding carboxylic acids is 1. The highest BCUT2D eigenvalue weighted by atomic mass is 32.2. The van der Waals surface area contributed by atoms with Crippen molar-refractivity contribution in [2.45, 2.75) is 56.0 Å². The van der Waals surface area contributed by atoms with Crippen molar-refractivity contribution < 1.29 is 17.9 Å². The van der Waals surface area contributed by atoms with E-state index >= 15 is 0 Å². The Hall–Kier alpha value is -2.50. The SMILES string of the molecule is COCCn1nc(C2CCCN(S(=O)(=O)c3ccc(NC(C)=O)cc3)C2)n(C2CC2)c1=O. The molecule has 174 valence electrons. The fourth-order valence-electron chi connectivity index (χ4n) is 4.15. The van der Waals surface area contributed by atoms with Crippen LogP contribution >= 0.6 is 0 Å². The molecule has 10 nitrogen and oxygen atoms in total. The Morgan fingerprint density at radius 2 is 1.94 bits per heavy atom. The van der Waals surface area contributed by atoms with Crippen molar-refractivity contribution in [3.8, 4) is 0 Å². The average Bonchev–Trinajstić information content (AvgIpc) is 3.55. The van der Waals surface area contributed by atoms with Crippen LogP contribution in [-0.2, 0) is 26.1 Å². The fourth-order valence-corrected chi connectivity index (χ4v) is 5.67. The van der Waals surface area contributed by atoms with Crippen LogP contribution in [0.1, 0.15) is 50.4 Å². The maximum atomic E-state index is 13.3. The molecule has 1 aliphatic heterocycles. The molecule has 2 aromatic rings. The highest BCUT2D eigenvalue weighted by Crippen LogP contribution is 2.37. The summed E-state index contributed by atoms with van der Waals surface area (Å²) in [5.74, 6) is 0.315. The first-order chi connectivity index (χ1) is 15.3. The summed E-state index contributed by atoms with van der Waals surface area (Å²) in [6.45, 7) is 2.86. The van der Waals surface area contributed by atoms with E-state index in [2.05, 4.69) is 10.4 Å². The molecule has 2 aliphatic rings. The first-order valence-corrected chi connectivity index (χ1v) is 12.3. The third kappa shape index (κ3) is 4.64. The predicted molar refractivity (Wildman–Crippen MR) is 118 cm³/mol. The second-order valence-electron chi connectivity index (χ2n) is 8.37. The molecule has 1 unspecified atom stereocenters. The van der Waals surface area contributed by atoms with E-state index in [1.807, 2.05) is 0 Å². The number of amides is 1. The van der Waals surface area contributed by atoms with Crippen molar-refractivity contribution in [3.63, 3.8) is 0 Å². The Morgan fingerprint density at radius 3 is 2.56 bits per heavy atom. The Bertz CT molecular complexity index is 1130. The van der Waals surface area contributed by atoms with Crippen LogP contribution in [0.5, 0.6) is 0 Å². The van der Waals surface area contributed by atoms with E-state index in [1.54, 1.807) is 23.8 Å². The van der Waals surface area contributed by atoms with Gasteiger partial charge in [-0.15, -0.1) is 0 Å². The standard InChI is InChI=1S/C21H29N5O5S/c1-15(27)22-17-5-9-19(10-6-17)32(29,30)24-11-3-4-16(14-24)20-23-25(12-13-31-2)21(28)26(20)18-7-8-18/h5-6,9-10,16,18H,3-4,7-8,11-14H2,1-2H3,(H,22,27). The molecule has 32 heavy (non-hydrogen) atoms. The largest absolute Gasteiger partial charge is 0.383 e. The monoisotopic (exact) mass is 463 g/mol. The van der Waals surface area contributed by atoms with Crippen LogP contribution in [0.2, 0.25) is 0 Å². The molecular weight excluding hydrogens is 434 g/mol. The third-order valence-electron chi connectivity index (χ3n) is 5.88. The molecule has 1 saturated carbocycles. The minimum absolute atomic E-state index is 0.144. The number of anilines is 1. The normalized spacial score (nSPS) is 19.8. The summed E-state index contributed by atoms with van der Waals surface area (Å²) >= 11 is 0. The molecule has 1 aromatic heterocycles. The fraction of sp³-hybridized carbons (Fsp3) is 0.571. The first-order valence-electron chi connectivity index (χ1n) is 10.9. The van der Waals surface area contributed by atoms with E-state index in [1.165, 1.54) is 28.0 Å². The zero-order valence-electron chi connectivity index (χ0n) is 18.4. The Labute approximate surface area is 187 Å². The second kappa shape index (κ2) is 9.16. The van der Waals surface area contributed by atoms with Gasteiger partial charge in [-0.3, -0.25) is 9.36 Å². The van der Waals surface area contributed by atoms with Crippen molar-refractivity contribution in [2.75, 3.05) is 32.1 Å². The molecule has 2 fully saturated rings. The maximum Gasteiger partial charge on any atom is 0.346 e. The quantitative estimate of drug-likeness (QED) is 0.635. The van der Waals surface area contributed by atoms with E-state index in [0.717, 1.165) is 19.3 Å². The second-order valence-corrected chi connectivity index (χ2v) is 10.3. The number of methoxy groups -OCH3 is 1. The van der Waals surface area contributed by atoms with Gasteiger partial charge in [0.05, 0.1) is 18.0 Å². The minimum Gasteiger partial charge on any atom is -0.383 e. The van der Waals surface area contributed by atoms with Gasteiger partial charge in [0.2, 0.25) is 15.9 Å². The van der Waals surface area contributed by atoms with Gasteiger partial charge in [0.25, 0.3) is 0 Å². The van der Waals surface area contributed by atoms with E-state index in [-0.39, 0.29) is 35.0 Å². The number of piperidine rings is 1. The average molecular weight is 464 g/mol. The zero-order valence-corrected chi connectivity index (χ0v) is 19.2. The number of rotatable bonds is 8. The van der Waals surface area contributed by atoms with Crippen LogP contribution in [0.3, 0.4) is 0 Å². The van der Waals surface area contributed by atoms with Gasteiger partial charge in [-0.2, -0.15) is 9.40 Å². The number of carbonyl (C=O) groups is 1.